The van der Waals surface area contributed by atoms with Crippen LogP contribution in [-0.4, -0.2) is 0 Å². The van der Waals surface area contributed by atoms with Gasteiger partial charge in [0.25, 0.3) is 0 Å². The molecule has 10 aromatic carbocycles. The van der Waals surface area contributed by atoms with Crippen LogP contribution in [0, 0.1) is 0 Å². The highest BCUT2D eigenvalue weighted by Gasteiger charge is 2.15. The lowest BCUT2D eigenvalue weighted by molar-refractivity contribution is 1.04. The normalized spacial score (nSPS) is 12.0. The van der Waals surface area contributed by atoms with Gasteiger partial charge < -0.3 is 9.80 Å². The Kier molecular flexibility index (Phi) is 12.0. The number of para-hydroxylation sites is 2. The van der Waals surface area contributed by atoms with Crippen molar-refractivity contribution in [3.63, 3.8) is 0 Å². The third-order valence-electron chi connectivity index (χ3n) is 12.9. The summed E-state index contributed by atoms with van der Waals surface area (Å²) in [5.74, 6) is 0. The lowest BCUT2D eigenvalue weighted by Gasteiger charge is -2.26. The van der Waals surface area contributed by atoms with Gasteiger partial charge in [0.1, 0.15) is 0 Å². The molecule has 0 aliphatic heterocycles. The molecule has 1 aliphatic carbocycles. The van der Waals surface area contributed by atoms with Gasteiger partial charge in [-0.2, -0.15) is 0 Å². The summed E-state index contributed by atoms with van der Waals surface area (Å²) in [6.45, 7) is 0. The molecule has 0 N–H and O–H groups in total. The van der Waals surface area contributed by atoms with E-state index in [4.69, 9.17) is 0 Å². The minimum atomic E-state index is 1.10. The second kappa shape index (κ2) is 19.4. The van der Waals surface area contributed by atoms with Gasteiger partial charge in [-0.3, -0.25) is 0 Å². The lowest BCUT2D eigenvalue weighted by atomic mass is 9.96. The largest absolute Gasteiger partial charge is 0.311 e. The van der Waals surface area contributed by atoms with E-state index in [1.54, 1.807) is 0 Å². The molecule has 2 nitrogen and oxygen atoms in total. The van der Waals surface area contributed by atoms with Gasteiger partial charge in [-0.1, -0.05) is 200 Å². The zero-order valence-corrected chi connectivity index (χ0v) is 37.9. The number of anilines is 6. The zero-order valence-electron chi connectivity index (χ0n) is 37.9. The van der Waals surface area contributed by atoms with Crippen molar-refractivity contribution in [2.75, 3.05) is 9.80 Å². The molecule has 2 heteroatoms. The van der Waals surface area contributed by atoms with Crippen molar-refractivity contribution in [1.29, 1.82) is 0 Å². The third kappa shape index (κ3) is 9.09. The summed E-state index contributed by atoms with van der Waals surface area (Å²) >= 11 is 0. The molecule has 0 atom stereocenters. The monoisotopic (exact) mass is 870 g/mol. The van der Waals surface area contributed by atoms with Gasteiger partial charge in [-0.25, -0.2) is 0 Å². The molecule has 0 amide bonds. The van der Waals surface area contributed by atoms with E-state index >= 15 is 0 Å². The number of hydrogen-bond acceptors (Lipinski definition) is 2. The first-order valence-corrected chi connectivity index (χ1v) is 23.6. The summed E-state index contributed by atoms with van der Waals surface area (Å²) in [7, 11) is 0. The first kappa shape index (κ1) is 41.9. The third-order valence-corrected chi connectivity index (χ3v) is 12.9. The van der Waals surface area contributed by atoms with Gasteiger partial charge in [-0.15, -0.1) is 0 Å². The molecule has 0 aromatic heterocycles. The molecular weight excluding hydrogens is 821 g/mol. The molecule has 0 saturated heterocycles. The average molecular weight is 871 g/mol. The number of nitrogens with zero attached hydrogens (tertiary/aromatic N) is 2. The van der Waals surface area contributed by atoms with Gasteiger partial charge in [-0.05, 0) is 158 Å². The van der Waals surface area contributed by atoms with Crippen molar-refractivity contribution in [3.05, 3.63) is 285 Å². The summed E-state index contributed by atoms with van der Waals surface area (Å²) < 4.78 is 0. The Balaban J connectivity index is 0.783. The van der Waals surface area contributed by atoms with Gasteiger partial charge >= 0.3 is 0 Å². The molecule has 1 aliphatic rings. The molecule has 0 heterocycles. The van der Waals surface area contributed by atoms with E-state index in [1.807, 2.05) is 0 Å². The highest BCUT2D eigenvalue weighted by molar-refractivity contribution is 5.83. The molecule has 0 spiro atoms. The Hall–Kier alpha value is -8.72. The first-order valence-electron chi connectivity index (χ1n) is 23.6. The Morgan fingerprint density at radius 1 is 0.221 bits per heavy atom. The van der Waals surface area contributed by atoms with Crippen molar-refractivity contribution < 1.29 is 0 Å². The standard InChI is InChI=1S/C66H50N2/c1-5-14-49(15-6-1)53-32-40-63(41-33-53)67(61-20-9-3-10-21-61)65-44-36-55(37-45-65)51-24-28-57(29-25-51)59-18-13-19-60(48-59)58-30-26-52(27-31-58)56-38-46-66(47-39-56)68(62-22-11-4-12-23-62)64-42-34-54(35-43-64)50-16-7-2-8-17-50/h1,3-7,9-48H,2,8H2. The van der Waals surface area contributed by atoms with Gasteiger partial charge in [0, 0.05) is 34.1 Å². The minimum absolute atomic E-state index is 1.10. The van der Waals surface area contributed by atoms with Crippen LogP contribution in [-0.2, 0) is 0 Å². The maximum atomic E-state index is 2.33. The second-order valence-corrected chi connectivity index (χ2v) is 17.3. The van der Waals surface area contributed by atoms with Crippen molar-refractivity contribution in [2.45, 2.75) is 12.8 Å². The Morgan fingerprint density at radius 3 is 0.853 bits per heavy atom. The fourth-order valence-electron chi connectivity index (χ4n) is 9.31. The summed E-state index contributed by atoms with van der Waals surface area (Å²) in [4.78, 5) is 4.64. The molecule has 0 fully saturated rings. The van der Waals surface area contributed by atoms with Gasteiger partial charge in [0.05, 0.1) is 0 Å². The SMILES string of the molecule is C1=CC(c2ccc(N(c3ccccc3)c3ccc(-c4ccc(-c5cccc(-c6ccc(-c7ccc(N(c8ccccc8)c8ccc(-c9ccccc9)cc8)cc7)cc6)c5)cc4)cc3)cc2)=CCC1. The molecule has 324 valence electrons. The van der Waals surface area contributed by atoms with E-state index in [0.717, 1.165) is 47.0 Å². The van der Waals surface area contributed by atoms with Gasteiger partial charge in [0.15, 0.2) is 0 Å². The molecule has 0 radical (unpaired) electrons. The van der Waals surface area contributed by atoms with Crippen LogP contribution in [0.2, 0.25) is 0 Å². The van der Waals surface area contributed by atoms with E-state index in [1.165, 1.54) is 66.8 Å². The van der Waals surface area contributed by atoms with Gasteiger partial charge in [0.2, 0.25) is 0 Å². The van der Waals surface area contributed by atoms with Crippen LogP contribution >= 0.6 is 0 Å². The fourth-order valence-corrected chi connectivity index (χ4v) is 9.31. The van der Waals surface area contributed by atoms with E-state index in [0.29, 0.717) is 0 Å². The molecule has 0 bridgehead atoms. The number of benzene rings is 10. The topological polar surface area (TPSA) is 6.48 Å². The zero-order chi connectivity index (χ0) is 45.5. The van der Waals surface area contributed by atoms with Crippen molar-refractivity contribution >= 4 is 39.7 Å². The number of rotatable bonds is 12. The molecule has 11 rings (SSSR count). The average Bonchev–Trinajstić information content (AvgIpc) is 3.43. The van der Waals surface area contributed by atoms with Crippen LogP contribution in [0.4, 0.5) is 34.1 Å². The van der Waals surface area contributed by atoms with Crippen LogP contribution in [0.15, 0.2) is 279 Å². The Bertz CT molecular complexity index is 3300. The molecular formula is C66H50N2. The summed E-state index contributed by atoms with van der Waals surface area (Å²) in [5.41, 5.74) is 21.2. The number of allylic oxidation sites excluding steroid dienone is 4. The summed E-state index contributed by atoms with van der Waals surface area (Å²) in [6, 6.07) is 94.1. The maximum absolute atomic E-state index is 2.33. The van der Waals surface area contributed by atoms with Crippen LogP contribution in [0.3, 0.4) is 0 Å². The van der Waals surface area contributed by atoms with E-state index in [2.05, 4.69) is 289 Å². The van der Waals surface area contributed by atoms with E-state index < -0.39 is 0 Å². The highest BCUT2D eigenvalue weighted by atomic mass is 15.1. The molecule has 68 heavy (non-hydrogen) atoms. The predicted molar refractivity (Wildman–Crippen MR) is 289 cm³/mol. The number of hydrogen-bond donors (Lipinski definition) is 0. The lowest BCUT2D eigenvalue weighted by Crippen LogP contribution is -2.09. The first-order chi connectivity index (χ1) is 33.7. The second-order valence-electron chi connectivity index (χ2n) is 17.3. The highest BCUT2D eigenvalue weighted by Crippen LogP contribution is 2.39. The maximum Gasteiger partial charge on any atom is 0.0462 e. The van der Waals surface area contributed by atoms with Crippen molar-refractivity contribution in [3.8, 4) is 55.6 Å². The quantitative estimate of drug-likeness (QED) is 0.121. The van der Waals surface area contributed by atoms with Crippen LogP contribution in [0.25, 0.3) is 61.2 Å². The van der Waals surface area contributed by atoms with Crippen molar-refractivity contribution in [2.24, 2.45) is 0 Å². The predicted octanol–water partition coefficient (Wildman–Crippen LogP) is 18.7. The van der Waals surface area contributed by atoms with E-state index in [-0.39, 0.29) is 0 Å². The summed E-state index contributed by atoms with van der Waals surface area (Å²) in [5, 5.41) is 0. The van der Waals surface area contributed by atoms with Crippen LogP contribution in [0.5, 0.6) is 0 Å². The summed E-state index contributed by atoms with van der Waals surface area (Å²) in [6.07, 6.45) is 9.06. The molecule has 10 aromatic rings. The Morgan fingerprint density at radius 2 is 0.500 bits per heavy atom. The van der Waals surface area contributed by atoms with Crippen LogP contribution < -0.4 is 9.80 Å². The fraction of sp³-hybridized carbons (Fsp3) is 0.0303. The smallest absolute Gasteiger partial charge is 0.0462 e. The van der Waals surface area contributed by atoms with Crippen LogP contribution in [0.1, 0.15) is 18.4 Å². The Labute approximate surface area is 400 Å². The minimum Gasteiger partial charge on any atom is -0.311 e. The molecule has 0 saturated carbocycles. The van der Waals surface area contributed by atoms with Crippen molar-refractivity contribution in [1.82, 2.24) is 0 Å². The van der Waals surface area contributed by atoms with E-state index in [9.17, 15) is 0 Å². The molecule has 0 unspecified atom stereocenters.